The fraction of sp³-hybridized carbons (Fsp3) is 0.381. The number of sulfonamides is 1. The van der Waals surface area contributed by atoms with Crippen LogP contribution < -0.4 is 13.9 Å². The Labute approximate surface area is 176 Å². The van der Waals surface area contributed by atoms with Gasteiger partial charge in [-0.25, -0.2) is 12.8 Å². The summed E-state index contributed by atoms with van der Waals surface area (Å²) >= 11 is 0. The predicted octanol–water partition coefficient (Wildman–Crippen LogP) is 2.34. The lowest BCUT2D eigenvalue weighted by Gasteiger charge is -2.39. The van der Waals surface area contributed by atoms with Crippen LogP contribution in [0.25, 0.3) is 0 Å². The number of nitrogens with zero attached hydrogens (tertiary/aromatic N) is 3. The van der Waals surface area contributed by atoms with Gasteiger partial charge in [0.1, 0.15) is 17.6 Å². The van der Waals surface area contributed by atoms with Crippen molar-refractivity contribution in [3.8, 4) is 5.75 Å². The van der Waals surface area contributed by atoms with Crippen LogP contribution in [-0.2, 0) is 14.8 Å². The first kappa shape index (κ1) is 21.9. The highest BCUT2D eigenvalue weighted by Gasteiger charge is 2.33. The highest BCUT2D eigenvalue weighted by Crippen LogP contribution is 2.24. The summed E-state index contributed by atoms with van der Waals surface area (Å²) in [7, 11) is -2.12. The first-order valence-corrected chi connectivity index (χ1v) is 11.5. The van der Waals surface area contributed by atoms with Crippen molar-refractivity contribution in [1.82, 2.24) is 4.90 Å². The second kappa shape index (κ2) is 8.91. The molecule has 0 aromatic heterocycles. The van der Waals surface area contributed by atoms with E-state index in [1.165, 1.54) is 24.3 Å². The average molecular weight is 436 g/mol. The number of amides is 1. The average Bonchev–Trinajstić information content (AvgIpc) is 2.74. The first-order chi connectivity index (χ1) is 14.2. The van der Waals surface area contributed by atoms with Gasteiger partial charge in [-0.1, -0.05) is 0 Å². The van der Waals surface area contributed by atoms with Gasteiger partial charge in [-0.2, -0.15) is 0 Å². The summed E-state index contributed by atoms with van der Waals surface area (Å²) in [6, 6.07) is 11.9. The van der Waals surface area contributed by atoms with E-state index >= 15 is 0 Å². The lowest BCUT2D eigenvalue weighted by Crippen LogP contribution is -2.55. The molecule has 3 rings (SSSR count). The number of methoxy groups -OCH3 is 1. The molecule has 0 N–H and O–H groups in total. The molecular weight excluding hydrogens is 409 g/mol. The third-order valence-electron chi connectivity index (χ3n) is 5.18. The van der Waals surface area contributed by atoms with Crippen LogP contribution >= 0.6 is 0 Å². The van der Waals surface area contributed by atoms with Gasteiger partial charge in [-0.15, -0.1) is 0 Å². The summed E-state index contributed by atoms with van der Waals surface area (Å²) in [5.41, 5.74) is 1.30. The number of anilines is 2. The Hall–Kier alpha value is -2.81. The number of piperazine rings is 1. The summed E-state index contributed by atoms with van der Waals surface area (Å²) in [6.07, 6.45) is 1.04. The molecule has 2 aromatic rings. The van der Waals surface area contributed by atoms with E-state index in [1.807, 2.05) is 24.3 Å². The summed E-state index contributed by atoms with van der Waals surface area (Å²) < 4.78 is 44.2. The number of hydrogen-bond acceptors (Lipinski definition) is 5. The molecule has 0 spiro atoms. The smallest absolute Gasteiger partial charge is 0.246 e. The third-order valence-corrected chi connectivity index (χ3v) is 6.42. The van der Waals surface area contributed by atoms with Crippen molar-refractivity contribution >= 4 is 27.3 Å². The van der Waals surface area contributed by atoms with Crippen LogP contribution in [0, 0.1) is 5.82 Å². The summed E-state index contributed by atoms with van der Waals surface area (Å²) in [6.45, 7) is 3.80. The zero-order valence-corrected chi connectivity index (χ0v) is 18.1. The maximum atomic E-state index is 13.3. The standard InChI is InChI=1S/C21H26FN3O4S/c1-16(25(30(3,27)28)19-6-4-17(22)5-7-19)21(26)24-14-12-23(13-15-24)18-8-10-20(29-2)11-9-18/h4-11,16H,12-15H2,1-3H3/t16-/m1/s1. The van der Waals surface area contributed by atoms with E-state index in [1.54, 1.807) is 18.9 Å². The Kier molecular flexibility index (Phi) is 6.50. The summed E-state index contributed by atoms with van der Waals surface area (Å²) in [5.74, 6) is 0.0306. The Morgan fingerprint density at radius 2 is 1.60 bits per heavy atom. The van der Waals surface area contributed by atoms with Gasteiger partial charge >= 0.3 is 0 Å². The number of halogens is 1. The highest BCUT2D eigenvalue weighted by atomic mass is 32.2. The Bertz CT molecular complexity index is 972. The van der Waals surface area contributed by atoms with Gasteiger partial charge in [0, 0.05) is 31.9 Å². The molecule has 1 heterocycles. The van der Waals surface area contributed by atoms with Gasteiger partial charge in [-0.05, 0) is 55.5 Å². The zero-order valence-electron chi connectivity index (χ0n) is 17.3. The molecule has 0 radical (unpaired) electrons. The van der Waals surface area contributed by atoms with Crippen LogP contribution in [0.15, 0.2) is 48.5 Å². The van der Waals surface area contributed by atoms with Gasteiger partial charge in [0.25, 0.3) is 0 Å². The van der Waals surface area contributed by atoms with Crippen molar-refractivity contribution in [2.45, 2.75) is 13.0 Å². The lowest BCUT2D eigenvalue weighted by molar-refractivity contribution is -0.132. The molecule has 7 nitrogen and oxygen atoms in total. The molecule has 0 bridgehead atoms. The Balaban J connectivity index is 1.70. The van der Waals surface area contributed by atoms with Gasteiger partial charge in [-0.3, -0.25) is 9.10 Å². The first-order valence-electron chi connectivity index (χ1n) is 9.63. The molecule has 9 heteroatoms. The van der Waals surface area contributed by atoms with Gasteiger partial charge in [0.15, 0.2) is 0 Å². The molecule has 1 aliphatic rings. The fourth-order valence-electron chi connectivity index (χ4n) is 3.63. The lowest BCUT2D eigenvalue weighted by atomic mass is 10.2. The Morgan fingerprint density at radius 1 is 1.03 bits per heavy atom. The number of carbonyl (C=O) groups is 1. The van der Waals surface area contributed by atoms with E-state index in [9.17, 15) is 17.6 Å². The van der Waals surface area contributed by atoms with Crippen LogP contribution in [0.1, 0.15) is 6.92 Å². The third kappa shape index (κ3) is 4.84. The number of benzene rings is 2. The molecule has 0 saturated carbocycles. The molecule has 30 heavy (non-hydrogen) atoms. The Morgan fingerprint density at radius 3 is 2.10 bits per heavy atom. The van der Waals surface area contributed by atoms with Crippen molar-refractivity contribution in [1.29, 1.82) is 0 Å². The molecule has 1 aliphatic heterocycles. The van der Waals surface area contributed by atoms with Gasteiger partial charge in [0.2, 0.25) is 15.9 Å². The molecule has 1 fully saturated rings. The van der Waals surface area contributed by atoms with E-state index in [0.29, 0.717) is 26.2 Å². The van der Waals surface area contributed by atoms with Crippen molar-refractivity contribution in [2.75, 3.05) is 48.7 Å². The quantitative estimate of drug-likeness (QED) is 0.697. The summed E-state index contributed by atoms with van der Waals surface area (Å²) in [4.78, 5) is 16.9. The molecule has 162 valence electrons. The maximum absolute atomic E-state index is 13.3. The number of carbonyl (C=O) groups excluding carboxylic acids is 1. The second-order valence-corrected chi connectivity index (χ2v) is 9.08. The van der Waals surface area contributed by atoms with E-state index in [2.05, 4.69) is 4.90 Å². The van der Waals surface area contributed by atoms with Crippen molar-refractivity contribution in [3.63, 3.8) is 0 Å². The van der Waals surface area contributed by atoms with E-state index in [0.717, 1.165) is 22.0 Å². The van der Waals surface area contributed by atoms with Crippen LogP contribution in [0.4, 0.5) is 15.8 Å². The van der Waals surface area contributed by atoms with E-state index < -0.39 is 21.9 Å². The molecule has 0 unspecified atom stereocenters. The topological polar surface area (TPSA) is 70.2 Å². The molecular formula is C21H26FN3O4S. The van der Waals surface area contributed by atoms with Crippen molar-refractivity contribution in [2.24, 2.45) is 0 Å². The van der Waals surface area contributed by atoms with Gasteiger partial charge in [0.05, 0.1) is 19.1 Å². The molecule has 0 aliphatic carbocycles. The SMILES string of the molecule is COc1ccc(N2CCN(C(=O)[C@@H](C)N(c3ccc(F)cc3)S(C)(=O)=O)CC2)cc1. The van der Waals surface area contributed by atoms with Gasteiger partial charge < -0.3 is 14.5 Å². The van der Waals surface area contributed by atoms with Crippen LogP contribution in [0.5, 0.6) is 5.75 Å². The minimum atomic E-state index is -3.73. The molecule has 2 aromatic carbocycles. The maximum Gasteiger partial charge on any atom is 0.246 e. The molecule has 1 saturated heterocycles. The monoisotopic (exact) mass is 435 g/mol. The zero-order chi connectivity index (χ0) is 21.9. The number of rotatable bonds is 6. The minimum Gasteiger partial charge on any atom is -0.497 e. The number of hydrogen-bond donors (Lipinski definition) is 0. The van der Waals surface area contributed by atoms with Crippen molar-refractivity contribution in [3.05, 3.63) is 54.3 Å². The number of ether oxygens (including phenoxy) is 1. The molecule has 1 amide bonds. The van der Waals surface area contributed by atoms with Crippen LogP contribution in [0.3, 0.4) is 0 Å². The van der Waals surface area contributed by atoms with E-state index in [4.69, 9.17) is 4.74 Å². The predicted molar refractivity (Wildman–Crippen MR) is 115 cm³/mol. The molecule has 1 atom stereocenters. The van der Waals surface area contributed by atoms with Crippen LogP contribution in [0.2, 0.25) is 0 Å². The van der Waals surface area contributed by atoms with Crippen LogP contribution in [-0.4, -0.2) is 64.8 Å². The van der Waals surface area contributed by atoms with Crippen molar-refractivity contribution < 1.29 is 22.3 Å². The highest BCUT2D eigenvalue weighted by molar-refractivity contribution is 7.92. The minimum absolute atomic E-state index is 0.261. The fourth-order valence-corrected chi connectivity index (χ4v) is 4.80. The second-order valence-electron chi connectivity index (χ2n) is 7.22. The largest absolute Gasteiger partial charge is 0.497 e. The van der Waals surface area contributed by atoms with E-state index in [-0.39, 0.29) is 11.6 Å². The summed E-state index contributed by atoms with van der Waals surface area (Å²) in [5, 5.41) is 0. The normalized spacial score (nSPS) is 15.6.